The predicted octanol–water partition coefficient (Wildman–Crippen LogP) is 1.41. The molecule has 2 amide bonds. The Morgan fingerprint density at radius 3 is 2.46 bits per heavy atom. The summed E-state index contributed by atoms with van der Waals surface area (Å²) in [5, 5.41) is 13.9. The number of carboxylic acid groups (broad SMARTS) is 1. The Bertz CT molecular complexity index is 618. The predicted molar refractivity (Wildman–Crippen MR) is 86.7 cm³/mol. The lowest BCUT2D eigenvalue weighted by atomic mass is 10.0. The highest BCUT2D eigenvalue weighted by atomic mass is 19.1. The van der Waals surface area contributed by atoms with Crippen LogP contribution in [-0.2, 0) is 20.8 Å². The molecular formula is C17H21FN2O4. The Morgan fingerprint density at radius 1 is 1.25 bits per heavy atom. The Hall–Kier alpha value is -2.70. The summed E-state index contributed by atoms with van der Waals surface area (Å²) >= 11 is 0. The summed E-state index contributed by atoms with van der Waals surface area (Å²) in [4.78, 5) is 34.8. The van der Waals surface area contributed by atoms with Crippen molar-refractivity contribution in [1.82, 2.24) is 10.6 Å². The smallest absolute Gasteiger partial charge is 0.326 e. The van der Waals surface area contributed by atoms with Crippen LogP contribution in [0, 0.1) is 5.82 Å². The van der Waals surface area contributed by atoms with Gasteiger partial charge in [-0.15, -0.1) is 6.58 Å². The number of aliphatic carboxylic acids is 1. The van der Waals surface area contributed by atoms with E-state index in [0.29, 0.717) is 6.42 Å². The van der Waals surface area contributed by atoms with Gasteiger partial charge in [0.25, 0.3) is 0 Å². The fraction of sp³-hybridized carbons (Fsp3) is 0.353. The molecule has 1 rings (SSSR count). The molecule has 0 saturated heterocycles. The molecule has 1 aromatic carbocycles. The van der Waals surface area contributed by atoms with Crippen LogP contribution in [0.3, 0.4) is 0 Å². The first-order chi connectivity index (χ1) is 11.3. The van der Waals surface area contributed by atoms with Gasteiger partial charge in [-0.05, 0) is 24.5 Å². The molecule has 0 bridgehead atoms. The maximum absolute atomic E-state index is 13.8. The normalized spacial score (nSPS) is 12.8. The summed E-state index contributed by atoms with van der Waals surface area (Å²) in [7, 11) is 0. The molecule has 0 aromatic heterocycles. The molecule has 130 valence electrons. The summed E-state index contributed by atoms with van der Waals surface area (Å²) in [6.45, 7) is 4.74. The number of carbonyl (C=O) groups excluding carboxylic acids is 2. The molecule has 7 heteroatoms. The summed E-state index contributed by atoms with van der Waals surface area (Å²) in [5.74, 6) is -2.82. The molecule has 1 aromatic rings. The van der Waals surface area contributed by atoms with Crippen LogP contribution in [-0.4, -0.2) is 35.0 Å². The highest BCUT2D eigenvalue weighted by Crippen LogP contribution is 2.10. The van der Waals surface area contributed by atoms with Crippen molar-refractivity contribution in [3.05, 3.63) is 48.3 Å². The van der Waals surface area contributed by atoms with Gasteiger partial charge in [-0.3, -0.25) is 9.59 Å². The highest BCUT2D eigenvalue weighted by molar-refractivity contribution is 5.90. The van der Waals surface area contributed by atoms with E-state index < -0.39 is 35.7 Å². The Labute approximate surface area is 139 Å². The van der Waals surface area contributed by atoms with Gasteiger partial charge in [0.05, 0.1) is 0 Å². The summed E-state index contributed by atoms with van der Waals surface area (Å²) in [5.41, 5.74) is 0.254. The van der Waals surface area contributed by atoms with Gasteiger partial charge < -0.3 is 15.7 Å². The van der Waals surface area contributed by atoms with Crippen LogP contribution in [0.15, 0.2) is 36.9 Å². The summed E-state index contributed by atoms with van der Waals surface area (Å²) in [6, 6.07) is 3.72. The molecule has 0 fully saturated rings. The molecule has 0 spiro atoms. The van der Waals surface area contributed by atoms with E-state index >= 15 is 0 Å². The molecule has 24 heavy (non-hydrogen) atoms. The van der Waals surface area contributed by atoms with E-state index in [-0.39, 0.29) is 18.4 Å². The van der Waals surface area contributed by atoms with Crippen LogP contribution < -0.4 is 10.6 Å². The van der Waals surface area contributed by atoms with Crippen molar-refractivity contribution in [2.75, 3.05) is 0 Å². The minimum Gasteiger partial charge on any atom is -0.480 e. The van der Waals surface area contributed by atoms with Crippen molar-refractivity contribution in [3.63, 3.8) is 0 Å². The average molecular weight is 336 g/mol. The molecule has 0 radical (unpaired) electrons. The number of rotatable bonds is 9. The molecule has 0 unspecified atom stereocenters. The number of hydrogen-bond acceptors (Lipinski definition) is 3. The van der Waals surface area contributed by atoms with Gasteiger partial charge in [0.15, 0.2) is 0 Å². The minimum atomic E-state index is -1.18. The zero-order valence-corrected chi connectivity index (χ0v) is 13.4. The van der Waals surface area contributed by atoms with Crippen LogP contribution in [0.25, 0.3) is 0 Å². The second-order valence-electron chi connectivity index (χ2n) is 5.31. The van der Waals surface area contributed by atoms with Crippen molar-refractivity contribution in [1.29, 1.82) is 0 Å². The number of carboxylic acids is 1. The maximum Gasteiger partial charge on any atom is 0.326 e. The van der Waals surface area contributed by atoms with E-state index in [1.807, 2.05) is 0 Å². The second-order valence-corrected chi connectivity index (χ2v) is 5.31. The number of halogens is 1. The Morgan fingerprint density at radius 2 is 1.92 bits per heavy atom. The van der Waals surface area contributed by atoms with Crippen LogP contribution in [0.1, 0.15) is 25.3 Å². The maximum atomic E-state index is 13.8. The first-order valence-electron chi connectivity index (χ1n) is 7.49. The largest absolute Gasteiger partial charge is 0.480 e. The quantitative estimate of drug-likeness (QED) is 0.594. The number of nitrogens with one attached hydrogen (secondary N) is 2. The highest BCUT2D eigenvalue weighted by Gasteiger charge is 2.26. The first kappa shape index (κ1) is 19.3. The summed E-state index contributed by atoms with van der Waals surface area (Å²) < 4.78 is 13.8. The van der Waals surface area contributed by atoms with E-state index in [2.05, 4.69) is 17.2 Å². The van der Waals surface area contributed by atoms with Gasteiger partial charge in [0, 0.05) is 13.3 Å². The molecule has 0 aliphatic heterocycles. The molecule has 3 N–H and O–H groups in total. The lowest BCUT2D eigenvalue weighted by Gasteiger charge is -2.21. The van der Waals surface area contributed by atoms with E-state index in [0.717, 1.165) is 0 Å². The van der Waals surface area contributed by atoms with Crippen LogP contribution in [0.4, 0.5) is 4.39 Å². The van der Waals surface area contributed by atoms with Crippen molar-refractivity contribution in [2.45, 2.75) is 38.3 Å². The summed E-state index contributed by atoms with van der Waals surface area (Å²) in [6.07, 6.45) is 2.06. The standard InChI is InChI=1S/C17H21FN2O4/c1-3-4-9-14(17(23)24)20-16(22)15(19-11(2)21)10-12-7-5-6-8-13(12)18/h3,5-8,14-15H,1,4,9-10H2,2H3,(H,19,21)(H,20,22)(H,23,24)/t14-,15+/m1/s1. The zero-order chi connectivity index (χ0) is 18.1. The van der Waals surface area contributed by atoms with Gasteiger partial charge in [-0.2, -0.15) is 0 Å². The van der Waals surface area contributed by atoms with Crippen LogP contribution in [0.2, 0.25) is 0 Å². The van der Waals surface area contributed by atoms with Crippen LogP contribution >= 0.6 is 0 Å². The van der Waals surface area contributed by atoms with E-state index in [9.17, 15) is 18.8 Å². The third-order valence-corrected chi connectivity index (χ3v) is 3.35. The molecule has 0 aliphatic carbocycles. The fourth-order valence-corrected chi connectivity index (χ4v) is 2.15. The fourth-order valence-electron chi connectivity index (χ4n) is 2.15. The van der Waals surface area contributed by atoms with E-state index in [1.54, 1.807) is 12.1 Å². The van der Waals surface area contributed by atoms with E-state index in [4.69, 9.17) is 5.11 Å². The molecule has 0 aliphatic rings. The molecule has 0 heterocycles. The van der Waals surface area contributed by atoms with Gasteiger partial charge in [-0.1, -0.05) is 24.3 Å². The number of hydrogen-bond donors (Lipinski definition) is 3. The van der Waals surface area contributed by atoms with Crippen molar-refractivity contribution < 1.29 is 23.9 Å². The Kier molecular flexibility index (Phi) is 7.61. The van der Waals surface area contributed by atoms with Crippen molar-refractivity contribution >= 4 is 17.8 Å². The van der Waals surface area contributed by atoms with Crippen molar-refractivity contribution in [3.8, 4) is 0 Å². The molecule has 0 saturated carbocycles. The number of amides is 2. The lowest BCUT2D eigenvalue weighted by Crippen LogP contribution is -2.52. The number of carbonyl (C=O) groups is 3. The monoisotopic (exact) mass is 336 g/mol. The third-order valence-electron chi connectivity index (χ3n) is 3.35. The SMILES string of the molecule is C=CCC[C@@H](NC(=O)[C@H](Cc1ccccc1F)NC(C)=O)C(=O)O. The van der Waals surface area contributed by atoms with Crippen LogP contribution in [0.5, 0.6) is 0 Å². The molecule has 2 atom stereocenters. The number of benzene rings is 1. The van der Waals surface area contributed by atoms with Gasteiger partial charge >= 0.3 is 5.97 Å². The Balaban J connectivity index is 2.87. The molecule has 6 nitrogen and oxygen atoms in total. The lowest BCUT2D eigenvalue weighted by molar-refractivity contribution is -0.142. The van der Waals surface area contributed by atoms with Gasteiger partial charge in [-0.25, -0.2) is 9.18 Å². The van der Waals surface area contributed by atoms with Gasteiger partial charge in [0.1, 0.15) is 17.9 Å². The average Bonchev–Trinajstić information content (AvgIpc) is 2.51. The minimum absolute atomic E-state index is 0.0775. The van der Waals surface area contributed by atoms with E-state index in [1.165, 1.54) is 25.1 Å². The first-order valence-corrected chi connectivity index (χ1v) is 7.49. The topological polar surface area (TPSA) is 95.5 Å². The molecular weight excluding hydrogens is 315 g/mol. The second kappa shape index (κ2) is 9.44. The zero-order valence-electron chi connectivity index (χ0n) is 13.4. The number of allylic oxidation sites excluding steroid dienone is 1. The van der Waals surface area contributed by atoms with Gasteiger partial charge in [0.2, 0.25) is 11.8 Å². The van der Waals surface area contributed by atoms with Crippen molar-refractivity contribution in [2.24, 2.45) is 0 Å². The third kappa shape index (κ3) is 6.20.